The maximum absolute atomic E-state index is 13.6. The molecule has 13 heteroatoms. The maximum Gasteiger partial charge on any atom is 0.326 e. The first-order valence-electron chi connectivity index (χ1n) is 14.6. The standard InChI is InChI=1S/C31H42N6O7/c1-31(17-20-9-13-23(39)14-10-20,29(44)36-24(28(42)43)5-3-15-34-30(32)33)37-27(41)25-16-21(18-35-25)26(40)6-2-4-19-7-11-22(38)12-8-19/h7-14,21,24-25,35,38-39H,2-6,15-18H2,1H3,(H,36,44)(H,37,41)(H,42,43)(H4,32,33,34)/t21?,24-,25-,31-/m0/s1. The normalized spacial score (nSPS) is 18.0. The van der Waals surface area contributed by atoms with E-state index in [1.807, 2.05) is 12.1 Å². The van der Waals surface area contributed by atoms with E-state index < -0.39 is 35.4 Å². The Morgan fingerprint density at radius 3 is 2.20 bits per heavy atom. The highest BCUT2D eigenvalue weighted by Gasteiger charge is 2.41. The number of aliphatic imine (C=N–C) groups is 1. The van der Waals surface area contributed by atoms with E-state index in [1.54, 1.807) is 24.3 Å². The van der Waals surface area contributed by atoms with E-state index in [0.29, 0.717) is 37.8 Å². The Kier molecular flexibility index (Phi) is 12.1. The number of guanidine groups is 1. The average molecular weight is 611 g/mol. The van der Waals surface area contributed by atoms with Gasteiger partial charge >= 0.3 is 5.97 Å². The van der Waals surface area contributed by atoms with Gasteiger partial charge in [-0.05, 0) is 74.4 Å². The van der Waals surface area contributed by atoms with Gasteiger partial charge in [-0.25, -0.2) is 4.79 Å². The number of rotatable bonds is 16. The lowest BCUT2D eigenvalue weighted by Crippen LogP contribution is -2.62. The molecule has 238 valence electrons. The summed E-state index contributed by atoms with van der Waals surface area (Å²) in [7, 11) is 0. The van der Waals surface area contributed by atoms with Gasteiger partial charge in [0.2, 0.25) is 11.8 Å². The molecule has 1 heterocycles. The molecule has 1 aliphatic rings. The highest BCUT2D eigenvalue weighted by molar-refractivity contribution is 5.95. The number of hydrogen-bond acceptors (Lipinski definition) is 8. The Hall–Kier alpha value is -4.65. The number of amides is 2. The van der Waals surface area contributed by atoms with Crippen LogP contribution in [0.4, 0.5) is 0 Å². The Morgan fingerprint density at radius 2 is 1.61 bits per heavy atom. The van der Waals surface area contributed by atoms with Gasteiger partial charge in [0.25, 0.3) is 0 Å². The zero-order valence-electron chi connectivity index (χ0n) is 24.8. The summed E-state index contributed by atoms with van der Waals surface area (Å²) in [6, 6.07) is 11.0. The summed E-state index contributed by atoms with van der Waals surface area (Å²) in [5.41, 5.74) is 10.7. The second-order valence-electron chi connectivity index (χ2n) is 11.4. The van der Waals surface area contributed by atoms with E-state index in [0.717, 1.165) is 5.56 Å². The highest BCUT2D eigenvalue weighted by atomic mass is 16.4. The number of carbonyl (C=O) groups excluding carboxylic acids is 3. The SMILES string of the molecule is C[C@@](Cc1ccc(O)cc1)(NC(=O)[C@@H]1CC(C(=O)CCCc2ccc(O)cc2)CN1)C(=O)N[C@@H](CCCN=C(N)N)C(=O)O. The molecule has 13 nitrogen and oxygen atoms in total. The number of benzene rings is 2. The third-order valence-electron chi connectivity index (χ3n) is 7.67. The number of nitrogens with zero attached hydrogens (tertiary/aromatic N) is 1. The van der Waals surface area contributed by atoms with Gasteiger partial charge in [0, 0.05) is 31.8 Å². The molecule has 1 unspecified atom stereocenters. The number of aromatic hydroxyl groups is 2. The number of phenols is 2. The monoisotopic (exact) mass is 610 g/mol. The maximum atomic E-state index is 13.6. The molecule has 44 heavy (non-hydrogen) atoms. The molecule has 0 aromatic heterocycles. The number of aryl methyl sites for hydroxylation is 1. The van der Waals surface area contributed by atoms with Crippen molar-refractivity contribution in [3.63, 3.8) is 0 Å². The second-order valence-corrected chi connectivity index (χ2v) is 11.4. The zero-order chi connectivity index (χ0) is 32.3. The minimum Gasteiger partial charge on any atom is -0.508 e. The van der Waals surface area contributed by atoms with Crippen LogP contribution in [0.25, 0.3) is 0 Å². The number of hydrogen-bond donors (Lipinski definition) is 8. The average Bonchev–Trinajstić information content (AvgIpc) is 3.47. The van der Waals surface area contributed by atoms with Gasteiger partial charge in [0.05, 0.1) is 6.04 Å². The Labute approximate surface area is 256 Å². The third-order valence-corrected chi connectivity index (χ3v) is 7.67. The van der Waals surface area contributed by atoms with Crippen LogP contribution >= 0.6 is 0 Å². The van der Waals surface area contributed by atoms with Crippen LogP contribution in [0.15, 0.2) is 53.5 Å². The van der Waals surface area contributed by atoms with Crippen molar-refractivity contribution in [2.24, 2.45) is 22.4 Å². The first kappa shape index (κ1) is 33.8. The molecule has 2 aromatic rings. The fourth-order valence-corrected chi connectivity index (χ4v) is 5.15. The molecule has 0 spiro atoms. The van der Waals surface area contributed by atoms with Crippen LogP contribution in [0.3, 0.4) is 0 Å². The van der Waals surface area contributed by atoms with Crippen LogP contribution in [-0.2, 0) is 32.0 Å². The molecule has 3 rings (SSSR count). The van der Waals surface area contributed by atoms with E-state index in [4.69, 9.17) is 11.5 Å². The quantitative estimate of drug-likeness (QED) is 0.0753. The first-order valence-corrected chi connectivity index (χ1v) is 14.6. The summed E-state index contributed by atoms with van der Waals surface area (Å²) in [4.78, 5) is 55.6. The van der Waals surface area contributed by atoms with Gasteiger partial charge in [-0.15, -0.1) is 0 Å². The van der Waals surface area contributed by atoms with Crippen LogP contribution in [0, 0.1) is 5.92 Å². The number of carbonyl (C=O) groups is 4. The number of Topliss-reactive ketones (excluding diaryl/α,β-unsaturated/α-hetero) is 1. The Balaban J connectivity index is 1.64. The lowest BCUT2D eigenvalue weighted by Gasteiger charge is -2.32. The number of aliphatic carboxylic acids is 1. The van der Waals surface area contributed by atoms with Crippen molar-refractivity contribution in [2.45, 2.75) is 69.5 Å². The summed E-state index contributed by atoms with van der Waals surface area (Å²) in [6.07, 6.45) is 2.31. The molecule has 0 saturated carbocycles. The van der Waals surface area contributed by atoms with Crippen molar-refractivity contribution in [1.82, 2.24) is 16.0 Å². The summed E-state index contributed by atoms with van der Waals surface area (Å²) in [5, 5.41) is 37.2. The smallest absolute Gasteiger partial charge is 0.326 e. The van der Waals surface area contributed by atoms with Crippen molar-refractivity contribution in [1.29, 1.82) is 0 Å². The van der Waals surface area contributed by atoms with Gasteiger partial charge in [-0.3, -0.25) is 19.4 Å². The van der Waals surface area contributed by atoms with E-state index >= 15 is 0 Å². The van der Waals surface area contributed by atoms with Crippen molar-refractivity contribution in [3.05, 3.63) is 59.7 Å². The fourth-order valence-electron chi connectivity index (χ4n) is 5.15. The topological polar surface area (TPSA) is 229 Å². The number of nitrogens with two attached hydrogens (primary N) is 2. The van der Waals surface area contributed by atoms with E-state index in [1.165, 1.54) is 19.1 Å². The number of carboxylic acid groups (broad SMARTS) is 1. The number of phenolic OH excluding ortho intramolecular Hbond substituents is 2. The zero-order valence-corrected chi connectivity index (χ0v) is 24.8. The molecular weight excluding hydrogens is 568 g/mol. The molecule has 1 aliphatic heterocycles. The van der Waals surface area contributed by atoms with Crippen LogP contribution in [-0.4, -0.2) is 75.6 Å². The second kappa shape index (κ2) is 15.7. The van der Waals surface area contributed by atoms with Crippen LogP contribution < -0.4 is 27.4 Å². The minimum atomic E-state index is -1.56. The van der Waals surface area contributed by atoms with Gasteiger partial charge in [-0.2, -0.15) is 0 Å². The molecule has 0 radical (unpaired) electrons. The van der Waals surface area contributed by atoms with E-state index in [9.17, 15) is 34.5 Å². The van der Waals surface area contributed by atoms with Crippen molar-refractivity contribution in [3.8, 4) is 11.5 Å². The first-order chi connectivity index (χ1) is 20.9. The predicted octanol–water partition coefficient (Wildman–Crippen LogP) is 0.708. The summed E-state index contributed by atoms with van der Waals surface area (Å²) < 4.78 is 0. The molecule has 10 N–H and O–H groups in total. The molecule has 2 amide bonds. The minimum absolute atomic E-state index is 0.0114. The van der Waals surface area contributed by atoms with Gasteiger partial charge in [0.15, 0.2) is 5.96 Å². The predicted molar refractivity (Wildman–Crippen MR) is 164 cm³/mol. The number of carboxylic acids is 1. The van der Waals surface area contributed by atoms with Crippen molar-refractivity contribution >= 4 is 29.5 Å². The van der Waals surface area contributed by atoms with Gasteiger partial charge in [-0.1, -0.05) is 24.3 Å². The Morgan fingerprint density at radius 1 is 1.00 bits per heavy atom. The molecule has 1 saturated heterocycles. The molecule has 0 aliphatic carbocycles. The highest BCUT2D eigenvalue weighted by Crippen LogP contribution is 2.22. The number of ketones is 1. The fraction of sp³-hybridized carbons (Fsp3) is 0.452. The summed E-state index contributed by atoms with van der Waals surface area (Å²) in [5.74, 6) is -2.65. The summed E-state index contributed by atoms with van der Waals surface area (Å²) in [6.45, 7) is 2.02. The van der Waals surface area contributed by atoms with Crippen LogP contribution in [0.1, 0.15) is 50.2 Å². The summed E-state index contributed by atoms with van der Waals surface area (Å²) >= 11 is 0. The molecular formula is C31H42N6O7. The largest absolute Gasteiger partial charge is 0.508 e. The molecule has 0 bridgehead atoms. The van der Waals surface area contributed by atoms with Gasteiger partial charge < -0.3 is 42.7 Å². The van der Waals surface area contributed by atoms with E-state index in [2.05, 4.69) is 20.9 Å². The van der Waals surface area contributed by atoms with Crippen molar-refractivity contribution in [2.75, 3.05) is 13.1 Å². The lowest BCUT2D eigenvalue weighted by molar-refractivity contribution is -0.143. The Bertz CT molecular complexity index is 1330. The third kappa shape index (κ3) is 10.3. The molecule has 4 atom stereocenters. The molecule has 2 aromatic carbocycles. The van der Waals surface area contributed by atoms with Crippen LogP contribution in [0.5, 0.6) is 11.5 Å². The van der Waals surface area contributed by atoms with Crippen molar-refractivity contribution < 1.29 is 34.5 Å². The number of nitrogens with one attached hydrogen (secondary N) is 3. The van der Waals surface area contributed by atoms with Gasteiger partial charge in [0.1, 0.15) is 28.9 Å². The molecule has 1 fully saturated rings. The lowest BCUT2D eigenvalue weighted by atomic mass is 9.90. The van der Waals surface area contributed by atoms with Crippen LogP contribution in [0.2, 0.25) is 0 Å². The van der Waals surface area contributed by atoms with E-state index in [-0.39, 0.29) is 55.0 Å².